The highest BCUT2D eigenvalue weighted by Crippen LogP contribution is 2.12. The average molecular weight is 391 g/mol. The van der Waals surface area contributed by atoms with Crippen molar-refractivity contribution in [3.8, 4) is 0 Å². The Bertz CT molecular complexity index is 1060. The number of aromatic nitrogens is 3. The lowest BCUT2D eigenvalue weighted by atomic mass is 10.1. The van der Waals surface area contributed by atoms with Gasteiger partial charge in [-0.3, -0.25) is 24.0 Å². The highest BCUT2D eigenvalue weighted by molar-refractivity contribution is 5.80. The molecular formula is C22H25N5O2. The number of carbonyl (C=O) groups is 1. The number of aryl methyl sites for hydroxylation is 2. The van der Waals surface area contributed by atoms with Crippen molar-refractivity contribution >= 4 is 16.8 Å². The number of benzene rings is 1. The molecule has 1 aromatic carbocycles. The quantitative estimate of drug-likeness (QED) is 0.664. The molecule has 3 heterocycles. The fourth-order valence-corrected chi connectivity index (χ4v) is 3.78. The number of nitrogens with zero attached hydrogens (tertiary/aromatic N) is 5. The monoisotopic (exact) mass is 391 g/mol. The molecule has 2 aromatic heterocycles. The van der Waals surface area contributed by atoms with Crippen LogP contribution in [0.1, 0.15) is 17.5 Å². The maximum absolute atomic E-state index is 12.7. The summed E-state index contributed by atoms with van der Waals surface area (Å²) < 4.78 is 1.54. The molecule has 0 atom stereocenters. The van der Waals surface area contributed by atoms with Gasteiger partial charge in [-0.05, 0) is 30.2 Å². The van der Waals surface area contributed by atoms with Gasteiger partial charge >= 0.3 is 0 Å². The predicted octanol–water partition coefficient (Wildman–Crippen LogP) is 1.83. The highest BCUT2D eigenvalue weighted by Gasteiger charge is 2.21. The molecular weight excluding hydrogens is 366 g/mol. The van der Waals surface area contributed by atoms with Gasteiger partial charge in [-0.25, -0.2) is 4.98 Å². The van der Waals surface area contributed by atoms with E-state index >= 15 is 0 Å². The van der Waals surface area contributed by atoms with Crippen molar-refractivity contribution in [1.29, 1.82) is 0 Å². The molecule has 1 fully saturated rings. The Labute approximate surface area is 169 Å². The first kappa shape index (κ1) is 19.3. The SMILES string of the molecule is Cc1cccc2c(=O)n(CCC(=O)N3CCN(Cc4cccnc4)CC3)cnc12. The van der Waals surface area contributed by atoms with E-state index in [2.05, 4.69) is 20.9 Å². The van der Waals surface area contributed by atoms with E-state index in [-0.39, 0.29) is 11.5 Å². The molecule has 1 aliphatic heterocycles. The van der Waals surface area contributed by atoms with Crippen LogP contribution >= 0.6 is 0 Å². The third-order valence-electron chi connectivity index (χ3n) is 5.48. The van der Waals surface area contributed by atoms with Crippen LogP contribution in [-0.4, -0.2) is 56.4 Å². The second-order valence-corrected chi connectivity index (χ2v) is 7.48. The Balaban J connectivity index is 1.32. The summed E-state index contributed by atoms with van der Waals surface area (Å²) >= 11 is 0. The number of hydrogen-bond acceptors (Lipinski definition) is 5. The largest absolute Gasteiger partial charge is 0.340 e. The topological polar surface area (TPSA) is 71.3 Å². The van der Waals surface area contributed by atoms with E-state index in [1.54, 1.807) is 23.2 Å². The second kappa shape index (κ2) is 8.53. The smallest absolute Gasteiger partial charge is 0.261 e. The molecule has 0 N–H and O–H groups in total. The summed E-state index contributed by atoms with van der Waals surface area (Å²) in [6.45, 7) is 6.26. The molecule has 0 aliphatic carbocycles. The van der Waals surface area contributed by atoms with Crippen molar-refractivity contribution in [2.24, 2.45) is 0 Å². The van der Waals surface area contributed by atoms with Gasteiger partial charge < -0.3 is 4.90 Å². The zero-order chi connectivity index (χ0) is 20.2. The standard InChI is InChI=1S/C22H25N5O2/c1-17-4-2-6-19-21(17)24-16-27(22(19)29)9-7-20(28)26-12-10-25(11-13-26)15-18-5-3-8-23-14-18/h2-6,8,14,16H,7,9-13,15H2,1H3. The fourth-order valence-electron chi connectivity index (χ4n) is 3.78. The summed E-state index contributed by atoms with van der Waals surface area (Å²) in [4.78, 5) is 38.1. The number of fused-ring (bicyclic) bond motifs is 1. The second-order valence-electron chi connectivity index (χ2n) is 7.48. The first-order chi connectivity index (χ1) is 14.1. The van der Waals surface area contributed by atoms with Crippen molar-refractivity contribution in [2.45, 2.75) is 26.4 Å². The van der Waals surface area contributed by atoms with Crippen LogP contribution < -0.4 is 5.56 Å². The van der Waals surface area contributed by atoms with E-state index in [0.29, 0.717) is 31.4 Å². The number of rotatable bonds is 5. The number of amides is 1. The van der Waals surface area contributed by atoms with Crippen LogP contribution in [0.5, 0.6) is 0 Å². The van der Waals surface area contributed by atoms with E-state index in [9.17, 15) is 9.59 Å². The minimum atomic E-state index is -0.0900. The average Bonchev–Trinajstić information content (AvgIpc) is 2.75. The molecule has 0 bridgehead atoms. The highest BCUT2D eigenvalue weighted by atomic mass is 16.2. The summed E-state index contributed by atoms with van der Waals surface area (Å²) in [6.07, 6.45) is 5.52. The van der Waals surface area contributed by atoms with Crippen LogP contribution in [0.3, 0.4) is 0 Å². The molecule has 1 saturated heterocycles. The predicted molar refractivity (Wildman–Crippen MR) is 111 cm³/mol. The minimum absolute atomic E-state index is 0.0854. The summed E-state index contributed by atoms with van der Waals surface area (Å²) in [6, 6.07) is 9.61. The van der Waals surface area contributed by atoms with Gasteiger partial charge in [-0.1, -0.05) is 18.2 Å². The third kappa shape index (κ3) is 4.35. The zero-order valence-corrected chi connectivity index (χ0v) is 16.6. The van der Waals surface area contributed by atoms with Gasteiger partial charge in [0.1, 0.15) is 0 Å². The maximum Gasteiger partial charge on any atom is 0.261 e. The van der Waals surface area contributed by atoms with Crippen molar-refractivity contribution in [2.75, 3.05) is 26.2 Å². The van der Waals surface area contributed by atoms with Crippen LogP contribution in [0, 0.1) is 6.92 Å². The van der Waals surface area contributed by atoms with E-state index < -0.39 is 0 Å². The van der Waals surface area contributed by atoms with Crippen molar-refractivity contribution in [3.63, 3.8) is 0 Å². The normalized spacial score (nSPS) is 15.0. The Hall–Kier alpha value is -3.06. The molecule has 0 saturated carbocycles. The minimum Gasteiger partial charge on any atom is -0.340 e. The fraction of sp³-hybridized carbons (Fsp3) is 0.364. The van der Waals surface area contributed by atoms with Crippen LogP contribution in [0.15, 0.2) is 53.8 Å². The molecule has 7 nitrogen and oxygen atoms in total. The van der Waals surface area contributed by atoms with Gasteiger partial charge in [0.25, 0.3) is 5.56 Å². The van der Waals surface area contributed by atoms with Crippen molar-refractivity contribution < 1.29 is 4.79 Å². The molecule has 29 heavy (non-hydrogen) atoms. The van der Waals surface area contributed by atoms with Crippen LogP contribution in [0.2, 0.25) is 0 Å². The number of piperazine rings is 1. The number of carbonyl (C=O) groups excluding carboxylic acids is 1. The molecule has 3 aromatic rings. The molecule has 0 radical (unpaired) electrons. The van der Waals surface area contributed by atoms with Gasteiger partial charge in [0.15, 0.2) is 0 Å². The first-order valence-electron chi connectivity index (χ1n) is 9.95. The zero-order valence-electron chi connectivity index (χ0n) is 16.6. The summed E-state index contributed by atoms with van der Waals surface area (Å²) in [5.74, 6) is 0.0854. The summed E-state index contributed by atoms with van der Waals surface area (Å²) in [5, 5.41) is 0.601. The van der Waals surface area contributed by atoms with Gasteiger partial charge in [0.05, 0.1) is 17.2 Å². The number of pyridine rings is 1. The number of hydrogen-bond donors (Lipinski definition) is 0. The molecule has 7 heteroatoms. The summed E-state index contributed by atoms with van der Waals surface area (Å²) in [7, 11) is 0. The van der Waals surface area contributed by atoms with Gasteiger partial charge in [-0.15, -0.1) is 0 Å². The summed E-state index contributed by atoms with van der Waals surface area (Å²) in [5.41, 5.74) is 2.80. The lowest BCUT2D eigenvalue weighted by molar-refractivity contribution is -0.133. The van der Waals surface area contributed by atoms with Gasteiger partial charge in [0, 0.05) is 58.1 Å². The Morgan fingerprint density at radius 1 is 1.10 bits per heavy atom. The van der Waals surface area contributed by atoms with Crippen LogP contribution in [-0.2, 0) is 17.9 Å². The van der Waals surface area contributed by atoms with Crippen molar-refractivity contribution in [1.82, 2.24) is 24.3 Å². The van der Waals surface area contributed by atoms with Gasteiger partial charge in [-0.2, -0.15) is 0 Å². The molecule has 4 rings (SSSR count). The van der Waals surface area contributed by atoms with E-state index in [1.165, 1.54) is 5.56 Å². The lowest BCUT2D eigenvalue weighted by Gasteiger charge is -2.34. The molecule has 150 valence electrons. The maximum atomic E-state index is 12.7. The van der Waals surface area contributed by atoms with E-state index in [1.807, 2.05) is 36.2 Å². The Morgan fingerprint density at radius 2 is 1.93 bits per heavy atom. The Kier molecular flexibility index (Phi) is 5.67. The number of para-hydroxylation sites is 1. The first-order valence-corrected chi connectivity index (χ1v) is 9.95. The molecule has 0 unspecified atom stereocenters. The van der Waals surface area contributed by atoms with Crippen LogP contribution in [0.4, 0.5) is 0 Å². The molecule has 0 spiro atoms. The molecule has 1 aliphatic rings. The van der Waals surface area contributed by atoms with Crippen LogP contribution in [0.25, 0.3) is 10.9 Å². The van der Waals surface area contributed by atoms with E-state index in [0.717, 1.165) is 30.7 Å². The van der Waals surface area contributed by atoms with Gasteiger partial charge in [0.2, 0.25) is 5.91 Å². The third-order valence-corrected chi connectivity index (χ3v) is 5.48. The Morgan fingerprint density at radius 3 is 2.69 bits per heavy atom. The van der Waals surface area contributed by atoms with Crippen molar-refractivity contribution in [3.05, 3.63) is 70.5 Å². The van der Waals surface area contributed by atoms with E-state index in [4.69, 9.17) is 0 Å². The lowest BCUT2D eigenvalue weighted by Crippen LogP contribution is -2.48. The molecule has 1 amide bonds.